The van der Waals surface area contributed by atoms with Crippen LogP contribution in [0.4, 0.5) is 0 Å². The number of aromatic nitrogens is 4. The van der Waals surface area contributed by atoms with Crippen LogP contribution in [0.3, 0.4) is 0 Å². The molecule has 5 heteroatoms. The normalized spacial score (nSPS) is 11.0. The van der Waals surface area contributed by atoms with Gasteiger partial charge in [0.05, 0.1) is 5.69 Å². The molecular formula is C11H14N4O. The van der Waals surface area contributed by atoms with Gasteiger partial charge in [0.25, 0.3) is 0 Å². The average molecular weight is 218 g/mol. The second kappa shape index (κ2) is 3.92. The van der Waals surface area contributed by atoms with E-state index in [1.807, 2.05) is 26.0 Å². The molecule has 1 aromatic heterocycles. The van der Waals surface area contributed by atoms with Crippen LogP contribution in [0.5, 0.6) is 5.75 Å². The fourth-order valence-electron chi connectivity index (χ4n) is 1.54. The molecule has 0 aliphatic heterocycles. The predicted molar refractivity (Wildman–Crippen MR) is 59.6 cm³/mol. The molecular weight excluding hydrogens is 204 g/mol. The van der Waals surface area contributed by atoms with Crippen molar-refractivity contribution in [1.82, 2.24) is 20.2 Å². The van der Waals surface area contributed by atoms with E-state index in [2.05, 4.69) is 15.4 Å². The van der Waals surface area contributed by atoms with Crippen LogP contribution in [0, 0.1) is 6.92 Å². The Bertz CT molecular complexity index is 504. The SMILES string of the molecule is Cc1nnn(-c2ccc(C(C)C)c(O)c2)n1. The Balaban J connectivity index is 2.42. The summed E-state index contributed by atoms with van der Waals surface area (Å²) in [6.45, 7) is 5.84. The highest BCUT2D eigenvalue weighted by atomic mass is 16.3. The minimum Gasteiger partial charge on any atom is -0.508 e. The van der Waals surface area contributed by atoms with Crippen LogP contribution in [0.25, 0.3) is 5.69 Å². The molecule has 0 saturated heterocycles. The van der Waals surface area contributed by atoms with Gasteiger partial charge in [-0.05, 0) is 29.7 Å². The fraction of sp³-hybridized carbons (Fsp3) is 0.364. The van der Waals surface area contributed by atoms with E-state index in [1.54, 1.807) is 13.0 Å². The van der Waals surface area contributed by atoms with Crippen molar-refractivity contribution in [2.24, 2.45) is 0 Å². The zero-order valence-corrected chi connectivity index (χ0v) is 9.55. The quantitative estimate of drug-likeness (QED) is 0.834. The maximum absolute atomic E-state index is 9.84. The van der Waals surface area contributed by atoms with Crippen molar-refractivity contribution < 1.29 is 5.11 Å². The second-order valence-corrected chi connectivity index (χ2v) is 4.02. The lowest BCUT2D eigenvalue weighted by Gasteiger charge is -2.08. The van der Waals surface area contributed by atoms with Gasteiger partial charge in [0, 0.05) is 6.07 Å². The van der Waals surface area contributed by atoms with Crippen molar-refractivity contribution >= 4 is 0 Å². The highest BCUT2D eigenvalue weighted by Gasteiger charge is 2.08. The van der Waals surface area contributed by atoms with Gasteiger partial charge in [-0.2, -0.15) is 0 Å². The molecule has 5 nitrogen and oxygen atoms in total. The topological polar surface area (TPSA) is 63.8 Å². The number of tetrazole rings is 1. The molecule has 16 heavy (non-hydrogen) atoms. The number of hydrogen-bond acceptors (Lipinski definition) is 4. The van der Waals surface area contributed by atoms with E-state index in [1.165, 1.54) is 4.80 Å². The summed E-state index contributed by atoms with van der Waals surface area (Å²) in [5.41, 5.74) is 1.63. The largest absolute Gasteiger partial charge is 0.508 e. The third kappa shape index (κ3) is 1.88. The van der Waals surface area contributed by atoms with Gasteiger partial charge in [0.2, 0.25) is 0 Å². The molecule has 0 saturated carbocycles. The van der Waals surface area contributed by atoms with Crippen LogP contribution in [-0.4, -0.2) is 25.3 Å². The van der Waals surface area contributed by atoms with Crippen LogP contribution >= 0.6 is 0 Å². The van der Waals surface area contributed by atoms with Crippen molar-refractivity contribution in [3.8, 4) is 11.4 Å². The number of benzene rings is 1. The molecule has 1 N–H and O–H groups in total. The Kier molecular flexibility index (Phi) is 2.60. The van der Waals surface area contributed by atoms with E-state index in [0.29, 0.717) is 17.4 Å². The lowest BCUT2D eigenvalue weighted by atomic mass is 10.0. The first-order valence-corrected chi connectivity index (χ1v) is 5.18. The molecule has 0 radical (unpaired) electrons. The van der Waals surface area contributed by atoms with E-state index in [-0.39, 0.29) is 5.75 Å². The first kappa shape index (κ1) is 10.6. The Labute approximate surface area is 93.7 Å². The van der Waals surface area contributed by atoms with Crippen LogP contribution in [0.1, 0.15) is 31.2 Å². The zero-order chi connectivity index (χ0) is 11.7. The molecule has 0 spiro atoms. The average Bonchev–Trinajstić information content (AvgIpc) is 2.64. The van der Waals surface area contributed by atoms with Crippen LogP contribution in [0.2, 0.25) is 0 Å². The number of phenols is 1. The molecule has 84 valence electrons. The summed E-state index contributed by atoms with van der Waals surface area (Å²) in [6, 6.07) is 5.40. The maximum Gasteiger partial charge on any atom is 0.172 e. The van der Waals surface area contributed by atoms with Crippen LogP contribution < -0.4 is 0 Å². The summed E-state index contributed by atoms with van der Waals surface area (Å²) < 4.78 is 0. The fourth-order valence-corrected chi connectivity index (χ4v) is 1.54. The van der Waals surface area contributed by atoms with E-state index in [4.69, 9.17) is 0 Å². The van der Waals surface area contributed by atoms with Gasteiger partial charge < -0.3 is 5.11 Å². The van der Waals surface area contributed by atoms with Gasteiger partial charge in [-0.1, -0.05) is 19.9 Å². The zero-order valence-electron chi connectivity index (χ0n) is 9.55. The van der Waals surface area contributed by atoms with E-state index in [0.717, 1.165) is 5.56 Å². The van der Waals surface area contributed by atoms with Crippen molar-refractivity contribution in [2.75, 3.05) is 0 Å². The number of hydrogen-bond donors (Lipinski definition) is 1. The van der Waals surface area contributed by atoms with Crippen molar-refractivity contribution in [3.63, 3.8) is 0 Å². The minimum absolute atomic E-state index is 0.266. The molecule has 1 heterocycles. The number of nitrogens with zero attached hydrogens (tertiary/aromatic N) is 4. The lowest BCUT2D eigenvalue weighted by Crippen LogP contribution is -2.00. The Morgan fingerprint density at radius 1 is 1.31 bits per heavy atom. The van der Waals surface area contributed by atoms with Crippen LogP contribution in [-0.2, 0) is 0 Å². The number of rotatable bonds is 2. The minimum atomic E-state index is 0.266. The van der Waals surface area contributed by atoms with Crippen molar-refractivity contribution in [1.29, 1.82) is 0 Å². The monoisotopic (exact) mass is 218 g/mol. The molecule has 0 unspecified atom stereocenters. The number of aryl methyl sites for hydroxylation is 1. The maximum atomic E-state index is 9.84. The molecule has 0 aliphatic rings. The van der Waals surface area contributed by atoms with Gasteiger partial charge in [-0.15, -0.1) is 15.0 Å². The Morgan fingerprint density at radius 3 is 2.56 bits per heavy atom. The highest BCUT2D eigenvalue weighted by Crippen LogP contribution is 2.26. The molecule has 0 atom stereocenters. The first-order valence-electron chi connectivity index (χ1n) is 5.18. The van der Waals surface area contributed by atoms with E-state index in [9.17, 15) is 5.11 Å². The summed E-state index contributed by atoms with van der Waals surface area (Å²) in [4.78, 5) is 1.40. The summed E-state index contributed by atoms with van der Waals surface area (Å²) >= 11 is 0. The summed E-state index contributed by atoms with van der Waals surface area (Å²) in [6.07, 6.45) is 0. The third-order valence-corrected chi connectivity index (χ3v) is 2.38. The number of phenolic OH excluding ortho intramolecular Hbond substituents is 1. The number of aromatic hydroxyl groups is 1. The Hall–Kier alpha value is -1.91. The van der Waals surface area contributed by atoms with Gasteiger partial charge in [-0.25, -0.2) is 0 Å². The predicted octanol–water partition coefficient (Wildman–Crippen LogP) is 1.80. The van der Waals surface area contributed by atoms with Crippen molar-refractivity contribution in [3.05, 3.63) is 29.6 Å². The summed E-state index contributed by atoms with van der Waals surface area (Å²) in [5, 5.41) is 21.6. The van der Waals surface area contributed by atoms with Gasteiger partial charge in [-0.3, -0.25) is 0 Å². The van der Waals surface area contributed by atoms with E-state index >= 15 is 0 Å². The molecule has 0 aliphatic carbocycles. The summed E-state index contributed by atoms with van der Waals surface area (Å²) in [5.74, 6) is 1.16. The first-order chi connectivity index (χ1) is 7.58. The van der Waals surface area contributed by atoms with Crippen LogP contribution in [0.15, 0.2) is 18.2 Å². The molecule has 1 aromatic carbocycles. The molecule has 0 bridgehead atoms. The van der Waals surface area contributed by atoms with Crippen molar-refractivity contribution in [2.45, 2.75) is 26.7 Å². The molecule has 2 aromatic rings. The Morgan fingerprint density at radius 2 is 2.06 bits per heavy atom. The molecule has 0 amide bonds. The third-order valence-electron chi connectivity index (χ3n) is 2.38. The van der Waals surface area contributed by atoms with Gasteiger partial charge in [0.15, 0.2) is 5.82 Å². The van der Waals surface area contributed by atoms with E-state index < -0.39 is 0 Å². The smallest absolute Gasteiger partial charge is 0.172 e. The molecule has 2 rings (SSSR count). The standard InChI is InChI=1S/C11H14N4O/c1-7(2)10-5-4-9(6-11(10)16)15-13-8(3)12-14-15/h4-7,16H,1-3H3. The highest BCUT2D eigenvalue weighted by molar-refractivity contribution is 5.44. The lowest BCUT2D eigenvalue weighted by molar-refractivity contribution is 0.464. The van der Waals surface area contributed by atoms with Gasteiger partial charge >= 0.3 is 0 Å². The molecule has 0 fully saturated rings. The summed E-state index contributed by atoms with van der Waals surface area (Å²) in [7, 11) is 0. The second-order valence-electron chi connectivity index (χ2n) is 4.02. The van der Waals surface area contributed by atoms with Gasteiger partial charge in [0.1, 0.15) is 5.75 Å².